The van der Waals surface area contributed by atoms with Gasteiger partial charge in [0, 0.05) is 23.6 Å². The van der Waals surface area contributed by atoms with Crippen molar-refractivity contribution < 1.29 is 4.74 Å². The van der Waals surface area contributed by atoms with Crippen LogP contribution in [-0.2, 0) is 4.74 Å². The largest absolute Gasteiger partial charge is 0.381 e. The summed E-state index contributed by atoms with van der Waals surface area (Å²) in [6.45, 7) is 3.80. The van der Waals surface area contributed by atoms with E-state index in [1.165, 1.54) is 11.1 Å². The van der Waals surface area contributed by atoms with Crippen LogP contribution in [0.4, 0.5) is 0 Å². The van der Waals surface area contributed by atoms with E-state index in [-0.39, 0.29) is 0 Å². The van der Waals surface area contributed by atoms with Gasteiger partial charge in [-0.1, -0.05) is 17.7 Å². The summed E-state index contributed by atoms with van der Waals surface area (Å²) < 4.78 is 5.45. The first kappa shape index (κ1) is 11.9. The minimum Gasteiger partial charge on any atom is -0.381 e. The summed E-state index contributed by atoms with van der Waals surface area (Å²) >= 11 is 6.10. The number of hydrogen-bond acceptors (Lipinski definition) is 2. The molecule has 1 aliphatic heterocycles. The van der Waals surface area contributed by atoms with E-state index < -0.39 is 0 Å². The van der Waals surface area contributed by atoms with Gasteiger partial charge in [0.05, 0.1) is 6.61 Å². The summed E-state index contributed by atoms with van der Waals surface area (Å²) in [5, 5.41) is 4.19. The molecule has 0 radical (unpaired) electrons. The van der Waals surface area contributed by atoms with Gasteiger partial charge in [-0.2, -0.15) is 0 Å². The number of rotatable bonds is 3. The van der Waals surface area contributed by atoms with Crippen LogP contribution < -0.4 is 5.32 Å². The molecule has 1 N–H and O–H groups in total. The average molecular weight is 240 g/mol. The molecule has 1 aromatic rings. The maximum absolute atomic E-state index is 6.10. The molecule has 0 aromatic heterocycles. The molecule has 2 nitrogen and oxygen atoms in total. The summed E-state index contributed by atoms with van der Waals surface area (Å²) in [6, 6.07) is 6.59. The number of benzene rings is 1. The molecule has 0 aliphatic carbocycles. The molecule has 1 heterocycles. The molecule has 0 saturated carbocycles. The van der Waals surface area contributed by atoms with E-state index in [2.05, 4.69) is 18.3 Å². The molecule has 0 amide bonds. The normalized spacial score (nSPS) is 22.3. The summed E-state index contributed by atoms with van der Waals surface area (Å²) in [4.78, 5) is 0. The Labute approximate surface area is 102 Å². The first-order valence-electron chi connectivity index (χ1n) is 5.73. The van der Waals surface area contributed by atoms with E-state index >= 15 is 0 Å². The van der Waals surface area contributed by atoms with Crippen molar-refractivity contribution in [3.8, 4) is 0 Å². The predicted octanol–water partition coefficient (Wildman–Crippen LogP) is 2.95. The molecule has 16 heavy (non-hydrogen) atoms. The van der Waals surface area contributed by atoms with Crippen LogP contribution in [0.25, 0.3) is 0 Å². The van der Waals surface area contributed by atoms with Crippen LogP contribution in [0, 0.1) is 12.8 Å². The van der Waals surface area contributed by atoms with Gasteiger partial charge < -0.3 is 10.1 Å². The van der Waals surface area contributed by atoms with Gasteiger partial charge >= 0.3 is 0 Å². The van der Waals surface area contributed by atoms with Crippen molar-refractivity contribution in [2.24, 2.45) is 5.92 Å². The number of halogens is 1. The van der Waals surface area contributed by atoms with E-state index in [0.717, 1.165) is 24.7 Å². The minimum atomic E-state index is 0.347. The SMILES string of the molecule is CNC(c1cc(C)cc(Cl)c1)C1CCOC1. The number of nitrogens with one attached hydrogen (secondary N) is 1. The van der Waals surface area contributed by atoms with E-state index in [0.29, 0.717) is 12.0 Å². The molecule has 3 heteroatoms. The van der Waals surface area contributed by atoms with E-state index in [9.17, 15) is 0 Å². The van der Waals surface area contributed by atoms with Gasteiger partial charge in [-0.05, 0) is 43.7 Å². The van der Waals surface area contributed by atoms with Gasteiger partial charge in [-0.15, -0.1) is 0 Å². The van der Waals surface area contributed by atoms with E-state index in [1.54, 1.807) is 0 Å². The van der Waals surface area contributed by atoms with Crippen molar-refractivity contribution in [3.05, 3.63) is 34.3 Å². The zero-order valence-corrected chi connectivity index (χ0v) is 10.6. The van der Waals surface area contributed by atoms with Gasteiger partial charge in [-0.3, -0.25) is 0 Å². The lowest BCUT2D eigenvalue weighted by Crippen LogP contribution is -2.25. The maximum atomic E-state index is 6.10. The van der Waals surface area contributed by atoms with Crippen LogP contribution in [0.15, 0.2) is 18.2 Å². The Bertz CT molecular complexity index is 341. The van der Waals surface area contributed by atoms with Crippen molar-refractivity contribution in [1.82, 2.24) is 5.32 Å². The topological polar surface area (TPSA) is 21.3 Å². The first-order valence-corrected chi connectivity index (χ1v) is 6.10. The van der Waals surface area contributed by atoms with Gasteiger partial charge in [0.1, 0.15) is 0 Å². The Morgan fingerprint density at radius 3 is 2.81 bits per heavy atom. The van der Waals surface area contributed by atoms with Crippen LogP contribution in [0.3, 0.4) is 0 Å². The number of hydrogen-bond donors (Lipinski definition) is 1. The quantitative estimate of drug-likeness (QED) is 0.876. The monoisotopic (exact) mass is 239 g/mol. The Kier molecular flexibility index (Phi) is 3.85. The molecule has 2 rings (SSSR count). The second kappa shape index (κ2) is 5.17. The Morgan fingerprint density at radius 2 is 2.25 bits per heavy atom. The highest BCUT2D eigenvalue weighted by atomic mass is 35.5. The first-order chi connectivity index (χ1) is 7.70. The van der Waals surface area contributed by atoms with Crippen LogP contribution in [0.5, 0.6) is 0 Å². The molecule has 88 valence electrons. The Balaban J connectivity index is 2.24. The van der Waals surface area contributed by atoms with Crippen molar-refractivity contribution >= 4 is 11.6 Å². The van der Waals surface area contributed by atoms with Crippen LogP contribution in [-0.4, -0.2) is 20.3 Å². The van der Waals surface area contributed by atoms with Crippen LogP contribution in [0.2, 0.25) is 5.02 Å². The molecule has 0 spiro atoms. The smallest absolute Gasteiger partial charge is 0.0513 e. The summed E-state index contributed by atoms with van der Waals surface area (Å²) in [5.41, 5.74) is 2.48. The minimum absolute atomic E-state index is 0.347. The molecule has 0 bridgehead atoms. The van der Waals surface area contributed by atoms with Gasteiger partial charge in [0.2, 0.25) is 0 Å². The molecule has 2 atom stereocenters. The summed E-state index contributed by atoms with van der Waals surface area (Å²) in [6.07, 6.45) is 1.12. The third-order valence-electron chi connectivity index (χ3n) is 3.17. The van der Waals surface area contributed by atoms with Crippen molar-refractivity contribution in [3.63, 3.8) is 0 Å². The molecular formula is C13H18ClNO. The maximum Gasteiger partial charge on any atom is 0.0513 e. The summed E-state index contributed by atoms with van der Waals surface area (Å²) in [7, 11) is 2.00. The standard InChI is InChI=1S/C13H18ClNO/c1-9-5-11(7-12(14)6-9)13(15-2)10-3-4-16-8-10/h5-7,10,13,15H,3-4,8H2,1-2H3. The van der Waals surface area contributed by atoms with Gasteiger partial charge in [0.15, 0.2) is 0 Å². The summed E-state index contributed by atoms with van der Waals surface area (Å²) in [5.74, 6) is 0.558. The Morgan fingerprint density at radius 1 is 1.44 bits per heavy atom. The van der Waals surface area contributed by atoms with Crippen molar-refractivity contribution in [1.29, 1.82) is 0 Å². The van der Waals surface area contributed by atoms with Crippen LogP contribution >= 0.6 is 11.6 Å². The third-order valence-corrected chi connectivity index (χ3v) is 3.39. The molecule has 1 aromatic carbocycles. The Hall–Kier alpha value is -0.570. The highest BCUT2D eigenvalue weighted by molar-refractivity contribution is 6.30. The third kappa shape index (κ3) is 2.57. The lowest BCUT2D eigenvalue weighted by molar-refractivity contribution is 0.178. The highest BCUT2D eigenvalue weighted by Crippen LogP contribution is 2.30. The van der Waals surface area contributed by atoms with Gasteiger partial charge in [-0.25, -0.2) is 0 Å². The van der Waals surface area contributed by atoms with E-state index in [1.807, 2.05) is 19.2 Å². The molecule has 1 aliphatic rings. The van der Waals surface area contributed by atoms with Crippen molar-refractivity contribution in [2.45, 2.75) is 19.4 Å². The second-order valence-electron chi connectivity index (χ2n) is 4.45. The zero-order valence-electron chi connectivity index (χ0n) is 9.79. The molecular weight excluding hydrogens is 222 g/mol. The van der Waals surface area contributed by atoms with Crippen LogP contribution in [0.1, 0.15) is 23.6 Å². The number of aryl methyl sites for hydroxylation is 1. The predicted molar refractivity (Wildman–Crippen MR) is 66.9 cm³/mol. The number of ether oxygens (including phenoxy) is 1. The fourth-order valence-corrected chi connectivity index (χ4v) is 2.73. The lowest BCUT2D eigenvalue weighted by Gasteiger charge is -2.23. The molecule has 1 fully saturated rings. The highest BCUT2D eigenvalue weighted by Gasteiger charge is 2.26. The average Bonchev–Trinajstić information content (AvgIpc) is 2.70. The fourth-order valence-electron chi connectivity index (χ4n) is 2.43. The fraction of sp³-hybridized carbons (Fsp3) is 0.538. The lowest BCUT2D eigenvalue weighted by atomic mass is 9.92. The molecule has 2 unspecified atom stereocenters. The van der Waals surface area contributed by atoms with Gasteiger partial charge in [0.25, 0.3) is 0 Å². The van der Waals surface area contributed by atoms with Crippen molar-refractivity contribution in [2.75, 3.05) is 20.3 Å². The van der Waals surface area contributed by atoms with E-state index in [4.69, 9.17) is 16.3 Å². The second-order valence-corrected chi connectivity index (χ2v) is 4.89. The zero-order chi connectivity index (χ0) is 11.5. The molecule has 1 saturated heterocycles.